The lowest BCUT2D eigenvalue weighted by Gasteiger charge is -2.62. The van der Waals surface area contributed by atoms with Crippen LogP contribution in [0.4, 0.5) is 0 Å². The molecule has 0 aromatic carbocycles. The maximum atomic E-state index is 12.9. The molecule has 1 fully saturated rings. The number of hydrogen-bond donors (Lipinski definition) is 1. The molecular weight excluding hydrogens is 392 g/mol. The van der Waals surface area contributed by atoms with E-state index in [0.717, 1.165) is 23.1 Å². The summed E-state index contributed by atoms with van der Waals surface area (Å²) in [5.41, 5.74) is 0.743. The zero-order valence-corrected chi connectivity index (χ0v) is 18.8. The van der Waals surface area contributed by atoms with Gasteiger partial charge in [-0.05, 0) is 42.0 Å². The first-order valence-corrected chi connectivity index (χ1v) is 11.0. The molecule has 164 valence electrons. The minimum absolute atomic E-state index is 0.123. The van der Waals surface area contributed by atoms with E-state index in [-0.39, 0.29) is 17.1 Å². The number of carbonyl (C=O) groups excluding carboxylic acids is 2. The van der Waals surface area contributed by atoms with E-state index >= 15 is 0 Å². The Morgan fingerprint density at radius 1 is 1.06 bits per heavy atom. The number of ether oxygens (including phenoxy) is 1. The number of aliphatic hydroxyl groups excluding tert-OH is 1. The minimum atomic E-state index is -1.27. The van der Waals surface area contributed by atoms with Crippen LogP contribution in [-0.4, -0.2) is 23.0 Å². The lowest BCUT2D eigenvalue weighted by Crippen LogP contribution is -2.62. The predicted molar refractivity (Wildman–Crippen MR) is 115 cm³/mol. The topological polar surface area (TPSA) is 76.7 Å². The third-order valence-electron chi connectivity index (χ3n) is 9.14. The van der Waals surface area contributed by atoms with Crippen LogP contribution in [-0.2, 0) is 14.3 Å². The van der Waals surface area contributed by atoms with Gasteiger partial charge in [0.1, 0.15) is 6.10 Å². The molecule has 0 saturated carbocycles. The van der Waals surface area contributed by atoms with Crippen LogP contribution in [0.15, 0.2) is 58.5 Å². The maximum absolute atomic E-state index is 12.9. The van der Waals surface area contributed by atoms with Crippen LogP contribution in [0.2, 0.25) is 0 Å². The molecule has 0 bridgehead atoms. The lowest BCUT2D eigenvalue weighted by molar-refractivity contribution is -0.212. The maximum Gasteiger partial charge on any atom is 0.336 e. The Hall–Kier alpha value is -2.40. The third kappa shape index (κ3) is 2.30. The van der Waals surface area contributed by atoms with E-state index in [1.165, 1.54) is 0 Å². The summed E-state index contributed by atoms with van der Waals surface area (Å²) in [4.78, 5) is 25.5. The molecule has 0 spiro atoms. The van der Waals surface area contributed by atoms with Crippen molar-refractivity contribution in [2.24, 2.45) is 27.6 Å². The number of allylic oxidation sites excluding steroid dienone is 5. The number of esters is 1. The SMILES string of the molecule is CC1(C)C(=O)C=C[C@]2(C)C3=CC[C@]4(C)[C@@H](c5ccoc5)OC(=O)[C@@H](O)[C@]4(C)C3=CC[C@@H]12. The zero-order chi connectivity index (χ0) is 22.4. The predicted octanol–water partition coefficient (Wildman–Crippen LogP) is 4.70. The van der Waals surface area contributed by atoms with Crippen molar-refractivity contribution in [2.75, 3.05) is 0 Å². The summed E-state index contributed by atoms with van der Waals surface area (Å²) in [5, 5.41) is 11.2. The molecule has 1 aromatic rings. The molecule has 0 radical (unpaired) electrons. The highest BCUT2D eigenvalue weighted by Crippen LogP contribution is 2.69. The molecule has 31 heavy (non-hydrogen) atoms. The Kier molecular flexibility index (Phi) is 4.03. The van der Waals surface area contributed by atoms with Crippen molar-refractivity contribution >= 4 is 11.8 Å². The Morgan fingerprint density at radius 2 is 1.81 bits per heavy atom. The molecule has 3 aliphatic carbocycles. The van der Waals surface area contributed by atoms with Gasteiger partial charge in [-0.3, -0.25) is 4.79 Å². The van der Waals surface area contributed by atoms with Crippen LogP contribution < -0.4 is 0 Å². The van der Waals surface area contributed by atoms with Crippen molar-refractivity contribution < 1.29 is 23.8 Å². The fourth-order valence-corrected chi connectivity index (χ4v) is 6.85. The molecule has 6 atom stereocenters. The summed E-state index contributed by atoms with van der Waals surface area (Å²) in [6, 6.07) is 1.82. The molecule has 5 rings (SSSR count). The molecule has 1 aliphatic heterocycles. The normalized spacial score (nSPS) is 43.2. The lowest BCUT2D eigenvalue weighted by atomic mass is 9.43. The fraction of sp³-hybridized carbons (Fsp3) is 0.538. The molecule has 2 heterocycles. The summed E-state index contributed by atoms with van der Waals surface area (Å²) in [6.45, 7) is 10.3. The number of fused-ring (bicyclic) bond motifs is 5. The van der Waals surface area contributed by atoms with Crippen LogP contribution in [0.3, 0.4) is 0 Å². The van der Waals surface area contributed by atoms with E-state index in [1.807, 2.05) is 32.9 Å². The van der Waals surface area contributed by atoms with Crippen molar-refractivity contribution in [1.82, 2.24) is 0 Å². The van der Waals surface area contributed by atoms with Gasteiger partial charge in [0.05, 0.1) is 12.5 Å². The summed E-state index contributed by atoms with van der Waals surface area (Å²) < 4.78 is 11.1. The number of rotatable bonds is 1. The smallest absolute Gasteiger partial charge is 0.336 e. The zero-order valence-electron chi connectivity index (χ0n) is 18.8. The van der Waals surface area contributed by atoms with Crippen molar-refractivity contribution in [3.8, 4) is 0 Å². The van der Waals surface area contributed by atoms with Crippen LogP contribution >= 0.6 is 0 Å². The van der Waals surface area contributed by atoms with Gasteiger partial charge in [0.2, 0.25) is 0 Å². The largest absolute Gasteiger partial charge is 0.472 e. The second kappa shape index (κ2) is 6.10. The van der Waals surface area contributed by atoms with Crippen LogP contribution in [0.1, 0.15) is 59.1 Å². The number of aliphatic hydroxyl groups is 1. The summed E-state index contributed by atoms with van der Waals surface area (Å²) in [7, 11) is 0. The van der Waals surface area contributed by atoms with Gasteiger partial charge in [0.25, 0.3) is 0 Å². The van der Waals surface area contributed by atoms with Gasteiger partial charge < -0.3 is 14.3 Å². The molecule has 0 unspecified atom stereocenters. The van der Waals surface area contributed by atoms with Gasteiger partial charge in [-0.15, -0.1) is 0 Å². The quantitative estimate of drug-likeness (QED) is 0.664. The number of furan rings is 1. The fourth-order valence-electron chi connectivity index (χ4n) is 6.85. The first kappa shape index (κ1) is 20.5. The Morgan fingerprint density at radius 3 is 2.48 bits per heavy atom. The van der Waals surface area contributed by atoms with Gasteiger partial charge in [-0.25, -0.2) is 4.79 Å². The first-order valence-electron chi connectivity index (χ1n) is 11.0. The molecule has 1 saturated heterocycles. The van der Waals surface area contributed by atoms with Crippen molar-refractivity contribution in [2.45, 2.75) is 59.7 Å². The summed E-state index contributed by atoms with van der Waals surface area (Å²) in [6.07, 6.45) is 10.9. The second-order valence-corrected chi connectivity index (χ2v) is 10.8. The molecule has 5 heteroatoms. The standard InChI is InChI=1S/C26H30O5/c1-23(2)18-7-6-17-16(24(18,3)11-9-19(23)27)8-12-25(4)21(15-10-13-30-14-15)31-22(29)20(28)26(17,25)5/h6,8-11,13-14,18,20-21,28H,7,12H2,1-5H3/t18-,20+,21+,24+,25+,26-/m0/s1. The second-order valence-electron chi connectivity index (χ2n) is 10.8. The highest BCUT2D eigenvalue weighted by Gasteiger charge is 2.67. The number of carbonyl (C=O) groups is 2. The van der Waals surface area contributed by atoms with Gasteiger partial charge >= 0.3 is 5.97 Å². The first-order chi connectivity index (χ1) is 14.5. The van der Waals surface area contributed by atoms with Crippen molar-refractivity contribution in [3.63, 3.8) is 0 Å². The number of ketones is 1. The van der Waals surface area contributed by atoms with Gasteiger partial charge in [0.15, 0.2) is 11.9 Å². The van der Waals surface area contributed by atoms with Crippen LogP contribution in [0, 0.1) is 27.6 Å². The van der Waals surface area contributed by atoms with E-state index in [0.29, 0.717) is 6.42 Å². The van der Waals surface area contributed by atoms with Crippen LogP contribution in [0.5, 0.6) is 0 Å². The molecule has 5 nitrogen and oxygen atoms in total. The van der Waals surface area contributed by atoms with E-state index in [4.69, 9.17) is 9.15 Å². The summed E-state index contributed by atoms with van der Waals surface area (Å²) >= 11 is 0. The minimum Gasteiger partial charge on any atom is -0.472 e. The Bertz CT molecular complexity index is 1060. The third-order valence-corrected chi connectivity index (χ3v) is 9.14. The molecule has 4 aliphatic rings. The average molecular weight is 423 g/mol. The average Bonchev–Trinajstić information content (AvgIpc) is 3.25. The number of cyclic esters (lactones) is 1. The van der Waals surface area contributed by atoms with E-state index in [1.54, 1.807) is 18.6 Å². The molecular formula is C26H30O5. The van der Waals surface area contributed by atoms with E-state index < -0.39 is 34.4 Å². The van der Waals surface area contributed by atoms with Crippen LogP contribution in [0.25, 0.3) is 0 Å². The van der Waals surface area contributed by atoms with Crippen molar-refractivity contribution in [1.29, 1.82) is 0 Å². The van der Waals surface area contributed by atoms with E-state index in [2.05, 4.69) is 26.0 Å². The van der Waals surface area contributed by atoms with Gasteiger partial charge in [-0.2, -0.15) is 0 Å². The van der Waals surface area contributed by atoms with Gasteiger partial charge in [0, 0.05) is 27.2 Å². The Labute approximate surface area is 182 Å². The summed E-state index contributed by atoms with van der Waals surface area (Å²) in [5.74, 6) is -0.325. The van der Waals surface area contributed by atoms with Crippen molar-refractivity contribution in [3.05, 3.63) is 59.6 Å². The molecule has 1 aromatic heterocycles. The highest BCUT2D eigenvalue weighted by atomic mass is 16.6. The molecule has 0 amide bonds. The van der Waals surface area contributed by atoms with Gasteiger partial charge in [-0.1, -0.05) is 52.8 Å². The number of hydrogen-bond acceptors (Lipinski definition) is 5. The highest BCUT2D eigenvalue weighted by molar-refractivity contribution is 5.96. The van der Waals surface area contributed by atoms with E-state index in [9.17, 15) is 14.7 Å². The molecule has 1 N–H and O–H groups in total. The monoisotopic (exact) mass is 422 g/mol. The Balaban J connectivity index is 1.71.